The molecule has 0 fully saturated rings. The van der Waals surface area contributed by atoms with Crippen LogP contribution in [0.3, 0.4) is 0 Å². The van der Waals surface area contributed by atoms with E-state index in [2.05, 4.69) is 15.9 Å². The summed E-state index contributed by atoms with van der Waals surface area (Å²) in [6.45, 7) is 2.09. The van der Waals surface area contributed by atoms with Gasteiger partial charge in [-0.1, -0.05) is 0 Å². The quantitative estimate of drug-likeness (QED) is 0.834. The topological polar surface area (TPSA) is 65.5 Å². The van der Waals surface area contributed by atoms with Crippen molar-refractivity contribution in [2.45, 2.75) is 19.4 Å². The number of halogens is 1. The molecule has 1 atom stereocenters. The van der Waals surface area contributed by atoms with E-state index in [1.807, 2.05) is 0 Å². The monoisotopic (exact) mass is 261 g/mol. The molecule has 1 aromatic rings. The lowest BCUT2D eigenvalue weighted by molar-refractivity contribution is -0.144. The summed E-state index contributed by atoms with van der Waals surface area (Å²) in [5.41, 5.74) is 5.59. The zero-order valence-electron chi connectivity index (χ0n) is 7.83. The van der Waals surface area contributed by atoms with Crippen LogP contribution in [0.4, 0.5) is 0 Å². The summed E-state index contributed by atoms with van der Waals surface area (Å²) in [6, 6.07) is 2.86. The highest BCUT2D eigenvalue weighted by atomic mass is 79.9. The molecule has 2 N–H and O–H groups in total. The molecule has 4 nitrogen and oxygen atoms in total. The Kier molecular flexibility index (Phi) is 4.16. The zero-order valence-corrected chi connectivity index (χ0v) is 9.41. The van der Waals surface area contributed by atoms with Gasteiger partial charge in [0.1, 0.15) is 11.8 Å². The van der Waals surface area contributed by atoms with E-state index in [0.29, 0.717) is 23.5 Å². The van der Waals surface area contributed by atoms with E-state index in [1.165, 1.54) is 0 Å². The van der Waals surface area contributed by atoms with Gasteiger partial charge in [-0.25, -0.2) is 0 Å². The molecule has 5 heteroatoms. The summed E-state index contributed by atoms with van der Waals surface area (Å²) >= 11 is 3.17. The second-order valence-corrected chi connectivity index (χ2v) is 3.55. The van der Waals surface area contributed by atoms with E-state index >= 15 is 0 Å². The number of furan rings is 1. The summed E-state index contributed by atoms with van der Waals surface area (Å²) in [7, 11) is 0. The molecule has 1 aromatic heterocycles. The number of carbonyl (C=O) groups excluding carboxylic acids is 1. The predicted molar refractivity (Wildman–Crippen MR) is 54.7 cm³/mol. The highest BCUT2D eigenvalue weighted by Crippen LogP contribution is 2.15. The number of rotatable bonds is 4. The first-order valence-electron chi connectivity index (χ1n) is 4.30. The molecule has 0 bridgehead atoms. The molecule has 0 saturated carbocycles. The fourth-order valence-corrected chi connectivity index (χ4v) is 1.35. The van der Waals surface area contributed by atoms with Gasteiger partial charge in [0, 0.05) is 6.42 Å². The third-order valence-corrected chi connectivity index (χ3v) is 2.07. The van der Waals surface area contributed by atoms with Crippen LogP contribution >= 0.6 is 15.9 Å². The fraction of sp³-hybridized carbons (Fsp3) is 0.444. The minimum absolute atomic E-state index is 0.342. The molecule has 1 unspecified atom stereocenters. The first kappa shape index (κ1) is 11.3. The molecule has 14 heavy (non-hydrogen) atoms. The molecule has 0 aliphatic rings. The number of carbonyl (C=O) groups is 1. The van der Waals surface area contributed by atoms with Gasteiger partial charge in [-0.3, -0.25) is 4.79 Å². The molecule has 0 aliphatic heterocycles. The molecule has 0 aliphatic carbocycles. The number of esters is 1. The van der Waals surface area contributed by atoms with Crippen LogP contribution in [0.25, 0.3) is 0 Å². The van der Waals surface area contributed by atoms with Crippen LogP contribution in [0.2, 0.25) is 0 Å². The second-order valence-electron chi connectivity index (χ2n) is 2.77. The Bertz CT molecular complexity index is 311. The summed E-state index contributed by atoms with van der Waals surface area (Å²) in [5.74, 6) is 0.262. The van der Waals surface area contributed by atoms with Gasteiger partial charge in [-0.15, -0.1) is 0 Å². The summed E-state index contributed by atoms with van der Waals surface area (Å²) in [5, 5.41) is 0. The van der Waals surface area contributed by atoms with Crippen LogP contribution in [0.1, 0.15) is 12.7 Å². The van der Waals surface area contributed by atoms with Crippen LogP contribution in [0.15, 0.2) is 21.2 Å². The third kappa shape index (κ3) is 3.16. The Balaban J connectivity index is 2.48. The van der Waals surface area contributed by atoms with Gasteiger partial charge in [0.2, 0.25) is 0 Å². The van der Waals surface area contributed by atoms with Gasteiger partial charge in [0.15, 0.2) is 4.67 Å². The van der Waals surface area contributed by atoms with E-state index < -0.39 is 12.0 Å². The van der Waals surface area contributed by atoms with Gasteiger partial charge in [0.05, 0.1) is 6.61 Å². The van der Waals surface area contributed by atoms with Crippen LogP contribution in [0.5, 0.6) is 0 Å². The Hall–Kier alpha value is -0.810. The van der Waals surface area contributed by atoms with Crippen molar-refractivity contribution in [1.29, 1.82) is 0 Å². The van der Waals surface area contributed by atoms with Crippen molar-refractivity contribution in [2.75, 3.05) is 6.61 Å². The second kappa shape index (κ2) is 5.17. The molecule has 78 valence electrons. The molecule has 0 radical (unpaired) electrons. The third-order valence-electron chi connectivity index (χ3n) is 1.64. The fourth-order valence-electron chi connectivity index (χ4n) is 1.01. The minimum atomic E-state index is -0.659. The van der Waals surface area contributed by atoms with Gasteiger partial charge >= 0.3 is 5.97 Å². The average molecular weight is 262 g/mol. The van der Waals surface area contributed by atoms with Crippen molar-refractivity contribution in [3.05, 3.63) is 22.6 Å². The molecule has 0 spiro atoms. The molecule has 1 heterocycles. The predicted octanol–water partition coefficient (Wildman–Crippen LogP) is 1.47. The molecule has 1 rings (SSSR count). The van der Waals surface area contributed by atoms with Crippen LogP contribution in [0, 0.1) is 0 Å². The van der Waals surface area contributed by atoms with Crippen molar-refractivity contribution >= 4 is 21.9 Å². The maximum absolute atomic E-state index is 11.2. The van der Waals surface area contributed by atoms with Gasteiger partial charge in [0.25, 0.3) is 0 Å². The van der Waals surface area contributed by atoms with E-state index in [4.69, 9.17) is 14.9 Å². The maximum atomic E-state index is 11.2. The maximum Gasteiger partial charge on any atom is 0.323 e. The van der Waals surface area contributed by atoms with Crippen molar-refractivity contribution in [1.82, 2.24) is 0 Å². The first-order valence-corrected chi connectivity index (χ1v) is 5.09. The largest absolute Gasteiger partial charge is 0.465 e. The van der Waals surface area contributed by atoms with Crippen LogP contribution < -0.4 is 5.73 Å². The lowest BCUT2D eigenvalue weighted by atomic mass is 10.2. The Morgan fingerprint density at radius 2 is 2.43 bits per heavy atom. The van der Waals surface area contributed by atoms with Gasteiger partial charge < -0.3 is 14.9 Å². The van der Waals surface area contributed by atoms with Crippen LogP contribution in [-0.4, -0.2) is 18.6 Å². The molecule has 0 amide bonds. The molecular formula is C9H12BrNO3. The molecule has 0 aromatic carbocycles. The van der Waals surface area contributed by atoms with E-state index in [9.17, 15) is 4.79 Å². The minimum Gasteiger partial charge on any atom is -0.465 e. The van der Waals surface area contributed by atoms with E-state index in [-0.39, 0.29) is 0 Å². The molecular weight excluding hydrogens is 250 g/mol. The van der Waals surface area contributed by atoms with Crippen molar-refractivity contribution < 1.29 is 13.9 Å². The average Bonchev–Trinajstić information content (AvgIpc) is 2.51. The standard InChI is InChI=1S/C9H12BrNO3/c1-2-13-9(12)7(11)5-6-3-4-8(10)14-6/h3-4,7H,2,5,11H2,1H3. The first-order chi connectivity index (χ1) is 6.63. The number of hydrogen-bond acceptors (Lipinski definition) is 4. The normalized spacial score (nSPS) is 12.5. The smallest absolute Gasteiger partial charge is 0.323 e. The lowest BCUT2D eigenvalue weighted by Crippen LogP contribution is -2.34. The van der Waals surface area contributed by atoms with E-state index in [0.717, 1.165) is 0 Å². The summed E-state index contributed by atoms with van der Waals surface area (Å²) in [6.07, 6.45) is 0.352. The highest BCUT2D eigenvalue weighted by molar-refractivity contribution is 9.10. The van der Waals surface area contributed by atoms with Crippen molar-refractivity contribution in [3.63, 3.8) is 0 Å². The Morgan fingerprint density at radius 3 is 2.93 bits per heavy atom. The highest BCUT2D eigenvalue weighted by Gasteiger charge is 2.16. The zero-order chi connectivity index (χ0) is 10.6. The van der Waals surface area contributed by atoms with E-state index in [1.54, 1.807) is 19.1 Å². The number of hydrogen-bond donors (Lipinski definition) is 1. The lowest BCUT2D eigenvalue weighted by Gasteiger charge is -2.08. The summed E-state index contributed by atoms with van der Waals surface area (Å²) < 4.78 is 10.6. The Labute approximate surface area is 90.5 Å². The van der Waals surface area contributed by atoms with Crippen LogP contribution in [-0.2, 0) is 16.0 Å². The molecule has 0 saturated heterocycles. The van der Waals surface area contributed by atoms with Crippen molar-refractivity contribution in [3.8, 4) is 0 Å². The number of nitrogens with two attached hydrogens (primary N) is 1. The van der Waals surface area contributed by atoms with Gasteiger partial charge in [-0.05, 0) is 35.0 Å². The summed E-state index contributed by atoms with van der Waals surface area (Å²) in [4.78, 5) is 11.2. The van der Waals surface area contributed by atoms with Crippen molar-refractivity contribution in [2.24, 2.45) is 5.73 Å². The van der Waals surface area contributed by atoms with Gasteiger partial charge in [-0.2, -0.15) is 0 Å². The SMILES string of the molecule is CCOC(=O)C(N)Cc1ccc(Br)o1. The Morgan fingerprint density at radius 1 is 1.71 bits per heavy atom. The number of ether oxygens (including phenoxy) is 1.